The highest BCUT2D eigenvalue weighted by molar-refractivity contribution is 7.80. The number of piperidine rings is 1. The summed E-state index contributed by atoms with van der Waals surface area (Å²) in [6, 6.07) is 1.57. The standard InChI is InChI=1S/C19H29N7OS/c1-12-9-26-17(22-18(12)24-7-5-13(20)10-24)8-15(23-26)16-4-2-3-6-25(16)19(27)14(21)11-28/h8-9,13-14,16,28H,2-7,10-11,20-21H2,1H3/t13-,14?,16-/m0/s1. The molecule has 3 atom stereocenters. The molecule has 2 aromatic heterocycles. The van der Waals surface area contributed by atoms with Crippen molar-refractivity contribution in [1.29, 1.82) is 0 Å². The predicted octanol–water partition coefficient (Wildman–Crippen LogP) is 0.886. The summed E-state index contributed by atoms with van der Waals surface area (Å²) in [5.74, 6) is 1.27. The number of hydrogen-bond donors (Lipinski definition) is 3. The van der Waals surface area contributed by atoms with Crippen molar-refractivity contribution in [3.63, 3.8) is 0 Å². The highest BCUT2D eigenvalue weighted by Crippen LogP contribution is 2.32. The van der Waals surface area contributed by atoms with E-state index in [0.717, 1.165) is 61.5 Å². The lowest BCUT2D eigenvalue weighted by atomic mass is 9.98. The summed E-state index contributed by atoms with van der Waals surface area (Å²) in [6.07, 6.45) is 5.95. The van der Waals surface area contributed by atoms with Crippen LogP contribution in [0.3, 0.4) is 0 Å². The molecule has 2 aliphatic heterocycles. The quantitative estimate of drug-likeness (QED) is 0.655. The van der Waals surface area contributed by atoms with E-state index in [4.69, 9.17) is 21.5 Å². The van der Waals surface area contributed by atoms with Gasteiger partial charge in [-0.2, -0.15) is 17.7 Å². The van der Waals surface area contributed by atoms with E-state index in [1.165, 1.54) is 0 Å². The molecule has 28 heavy (non-hydrogen) atoms. The molecule has 0 spiro atoms. The van der Waals surface area contributed by atoms with Gasteiger partial charge >= 0.3 is 0 Å². The molecular weight excluding hydrogens is 374 g/mol. The molecule has 0 radical (unpaired) electrons. The predicted molar refractivity (Wildman–Crippen MR) is 113 cm³/mol. The van der Waals surface area contributed by atoms with Gasteiger partial charge < -0.3 is 21.3 Å². The fourth-order valence-corrected chi connectivity index (χ4v) is 4.43. The average molecular weight is 404 g/mol. The number of hydrogen-bond acceptors (Lipinski definition) is 7. The number of aryl methyl sites for hydroxylation is 1. The Balaban J connectivity index is 1.65. The molecule has 0 aromatic carbocycles. The molecule has 1 amide bonds. The van der Waals surface area contributed by atoms with Crippen LogP contribution in [0.2, 0.25) is 0 Å². The number of carbonyl (C=O) groups excluding carboxylic acids is 1. The van der Waals surface area contributed by atoms with Gasteiger partial charge in [-0.15, -0.1) is 0 Å². The van der Waals surface area contributed by atoms with E-state index in [1.54, 1.807) is 0 Å². The van der Waals surface area contributed by atoms with E-state index >= 15 is 0 Å². The van der Waals surface area contributed by atoms with Gasteiger partial charge in [0.05, 0.1) is 17.8 Å². The van der Waals surface area contributed by atoms with Gasteiger partial charge in [0.15, 0.2) is 5.65 Å². The number of aromatic nitrogens is 3. The molecule has 2 aromatic rings. The number of amides is 1. The first kappa shape index (κ1) is 19.5. The minimum Gasteiger partial charge on any atom is -0.355 e. The summed E-state index contributed by atoms with van der Waals surface area (Å²) >= 11 is 4.19. The zero-order chi connectivity index (χ0) is 19.8. The Hall–Kier alpha value is -1.84. The van der Waals surface area contributed by atoms with Crippen molar-refractivity contribution in [2.75, 3.05) is 30.3 Å². The van der Waals surface area contributed by atoms with E-state index in [2.05, 4.69) is 24.5 Å². The Morgan fingerprint density at radius 2 is 2.18 bits per heavy atom. The molecule has 152 valence electrons. The van der Waals surface area contributed by atoms with Crippen molar-refractivity contribution < 1.29 is 4.79 Å². The van der Waals surface area contributed by atoms with Crippen LogP contribution in [-0.4, -0.2) is 62.9 Å². The van der Waals surface area contributed by atoms with Gasteiger partial charge in [0.25, 0.3) is 0 Å². The minimum atomic E-state index is -0.577. The maximum atomic E-state index is 12.7. The summed E-state index contributed by atoms with van der Waals surface area (Å²) in [7, 11) is 0. The molecule has 4 heterocycles. The van der Waals surface area contributed by atoms with Crippen LogP contribution in [0.4, 0.5) is 5.82 Å². The number of likely N-dealkylation sites (tertiary alicyclic amines) is 1. The van der Waals surface area contributed by atoms with Gasteiger partial charge in [0.1, 0.15) is 5.82 Å². The number of anilines is 1. The first-order valence-corrected chi connectivity index (χ1v) is 10.7. The lowest BCUT2D eigenvalue weighted by molar-refractivity contribution is -0.136. The van der Waals surface area contributed by atoms with Crippen molar-refractivity contribution in [1.82, 2.24) is 19.5 Å². The van der Waals surface area contributed by atoms with E-state index in [1.807, 2.05) is 21.7 Å². The number of nitrogens with zero attached hydrogens (tertiary/aromatic N) is 5. The summed E-state index contributed by atoms with van der Waals surface area (Å²) in [4.78, 5) is 21.7. The smallest absolute Gasteiger partial charge is 0.240 e. The molecule has 4 rings (SSSR count). The summed E-state index contributed by atoms with van der Waals surface area (Å²) in [5, 5.41) is 4.75. The highest BCUT2D eigenvalue weighted by Gasteiger charge is 2.32. The molecule has 9 heteroatoms. The molecule has 8 nitrogen and oxygen atoms in total. The van der Waals surface area contributed by atoms with Crippen molar-refractivity contribution in [2.45, 2.75) is 50.7 Å². The Morgan fingerprint density at radius 3 is 2.89 bits per heavy atom. The third kappa shape index (κ3) is 3.58. The molecule has 1 unspecified atom stereocenters. The van der Waals surface area contributed by atoms with E-state index in [0.29, 0.717) is 12.3 Å². The van der Waals surface area contributed by atoms with Gasteiger partial charge in [-0.1, -0.05) is 0 Å². The first-order valence-electron chi connectivity index (χ1n) is 10.0. The highest BCUT2D eigenvalue weighted by atomic mass is 32.1. The van der Waals surface area contributed by atoms with Crippen LogP contribution in [-0.2, 0) is 4.79 Å². The summed E-state index contributed by atoms with van der Waals surface area (Å²) in [6.45, 7) is 4.52. The van der Waals surface area contributed by atoms with Gasteiger partial charge in [0.2, 0.25) is 5.91 Å². The van der Waals surface area contributed by atoms with Crippen LogP contribution >= 0.6 is 12.6 Å². The van der Waals surface area contributed by atoms with Crippen LogP contribution in [0, 0.1) is 6.92 Å². The number of rotatable bonds is 4. The van der Waals surface area contributed by atoms with Crippen LogP contribution < -0.4 is 16.4 Å². The molecule has 4 N–H and O–H groups in total. The molecular formula is C19H29N7OS. The van der Waals surface area contributed by atoms with Crippen LogP contribution in [0.15, 0.2) is 12.3 Å². The lowest BCUT2D eigenvalue weighted by Crippen LogP contribution is -2.48. The molecule has 2 aliphatic rings. The number of carbonyl (C=O) groups is 1. The van der Waals surface area contributed by atoms with Crippen LogP contribution in [0.1, 0.15) is 43.0 Å². The van der Waals surface area contributed by atoms with Gasteiger partial charge in [0, 0.05) is 49.3 Å². The van der Waals surface area contributed by atoms with E-state index < -0.39 is 6.04 Å². The maximum absolute atomic E-state index is 12.7. The average Bonchev–Trinajstić information content (AvgIpc) is 3.31. The molecule has 0 aliphatic carbocycles. The molecule has 0 saturated carbocycles. The summed E-state index contributed by atoms with van der Waals surface area (Å²) in [5.41, 5.74) is 14.8. The normalized spacial score (nSPS) is 24.1. The third-order valence-electron chi connectivity index (χ3n) is 5.79. The van der Waals surface area contributed by atoms with Crippen molar-refractivity contribution in [3.8, 4) is 0 Å². The monoisotopic (exact) mass is 403 g/mol. The van der Waals surface area contributed by atoms with E-state index in [-0.39, 0.29) is 18.0 Å². The Kier molecular flexibility index (Phi) is 5.48. The number of nitrogens with two attached hydrogens (primary N) is 2. The molecule has 0 bridgehead atoms. The number of fused-ring (bicyclic) bond motifs is 1. The first-order chi connectivity index (χ1) is 13.5. The second-order valence-corrected chi connectivity index (χ2v) is 8.31. The lowest BCUT2D eigenvalue weighted by Gasteiger charge is -2.36. The third-order valence-corrected chi connectivity index (χ3v) is 6.18. The Morgan fingerprint density at radius 1 is 1.36 bits per heavy atom. The summed E-state index contributed by atoms with van der Waals surface area (Å²) < 4.78 is 1.82. The van der Waals surface area contributed by atoms with Crippen LogP contribution in [0.5, 0.6) is 0 Å². The molecule has 2 fully saturated rings. The second-order valence-electron chi connectivity index (χ2n) is 7.95. The fourth-order valence-electron chi connectivity index (χ4n) is 4.28. The van der Waals surface area contributed by atoms with E-state index in [9.17, 15) is 4.79 Å². The molecule has 2 saturated heterocycles. The van der Waals surface area contributed by atoms with Gasteiger partial charge in [-0.25, -0.2) is 9.50 Å². The zero-order valence-electron chi connectivity index (χ0n) is 16.3. The van der Waals surface area contributed by atoms with Crippen LogP contribution in [0.25, 0.3) is 5.65 Å². The van der Waals surface area contributed by atoms with Gasteiger partial charge in [-0.05, 0) is 32.6 Å². The zero-order valence-corrected chi connectivity index (χ0v) is 17.2. The SMILES string of the molecule is Cc1cn2nc([C@@H]3CCCCN3C(=O)C(N)CS)cc2nc1N1CC[C@H](N)C1. The maximum Gasteiger partial charge on any atom is 0.240 e. The van der Waals surface area contributed by atoms with Gasteiger partial charge in [-0.3, -0.25) is 4.79 Å². The second kappa shape index (κ2) is 7.88. The van der Waals surface area contributed by atoms with Crippen molar-refractivity contribution >= 4 is 30.0 Å². The number of thiol groups is 1. The largest absolute Gasteiger partial charge is 0.355 e. The van der Waals surface area contributed by atoms with Crippen molar-refractivity contribution in [3.05, 3.63) is 23.5 Å². The Labute approximate surface area is 170 Å². The fraction of sp³-hybridized carbons (Fsp3) is 0.632. The van der Waals surface area contributed by atoms with Crippen molar-refractivity contribution in [2.24, 2.45) is 11.5 Å². The minimum absolute atomic E-state index is 0.0485. The Bertz CT molecular complexity index is 869. The topological polar surface area (TPSA) is 106 Å².